The molecule has 2 bridgehead atoms. The third-order valence-corrected chi connectivity index (χ3v) is 11.2. The van der Waals surface area contributed by atoms with Crippen LogP contribution in [0.4, 0.5) is 0 Å². The maximum atomic E-state index is 6.38. The van der Waals surface area contributed by atoms with Crippen molar-refractivity contribution in [3.05, 3.63) is 89.0 Å². The summed E-state index contributed by atoms with van der Waals surface area (Å²) in [4.78, 5) is 0. The maximum Gasteiger partial charge on any atom is 0.137 e. The monoisotopic (exact) mass is 523 g/mol. The van der Waals surface area contributed by atoms with Crippen LogP contribution in [0.5, 0.6) is 0 Å². The van der Waals surface area contributed by atoms with Crippen LogP contribution in [0.2, 0.25) is 0 Å². The van der Waals surface area contributed by atoms with Crippen LogP contribution in [-0.2, 0) is 10.8 Å². The van der Waals surface area contributed by atoms with Gasteiger partial charge in [-0.15, -0.1) is 0 Å². The van der Waals surface area contributed by atoms with Crippen molar-refractivity contribution in [3.8, 4) is 5.69 Å². The van der Waals surface area contributed by atoms with Gasteiger partial charge in [-0.1, -0.05) is 45.9 Å². The first kappa shape index (κ1) is 23.2. The molecule has 0 N–H and O–H groups in total. The average molecular weight is 524 g/mol. The molecule has 200 valence electrons. The van der Waals surface area contributed by atoms with E-state index in [0.29, 0.717) is 0 Å². The second-order valence-corrected chi connectivity index (χ2v) is 14.3. The summed E-state index contributed by atoms with van der Waals surface area (Å²) in [6, 6.07) is 25.6. The maximum absolute atomic E-state index is 6.38. The molecule has 2 heteroatoms. The molecule has 2 nitrogen and oxygen atoms in total. The Balaban J connectivity index is 1.40. The Morgan fingerprint density at radius 3 is 1.95 bits per heavy atom. The molecule has 1 saturated carbocycles. The van der Waals surface area contributed by atoms with Crippen molar-refractivity contribution < 1.29 is 4.42 Å². The van der Waals surface area contributed by atoms with Gasteiger partial charge in [-0.25, -0.2) is 0 Å². The van der Waals surface area contributed by atoms with Gasteiger partial charge in [0.1, 0.15) is 11.2 Å². The summed E-state index contributed by atoms with van der Waals surface area (Å²) < 4.78 is 8.94. The van der Waals surface area contributed by atoms with E-state index in [1.54, 1.807) is 16.7 Å². The number of benzene rings is 4. The van der Waals surface area contributed by atoms with E-state index >= 15 is 0 Å². The predicted octanol–water partition coefficient (Wildman–Crippen LogP) is 10.8. The van der Waals surface area contributed by atoms with E-state index in [2.05, 4.69) is 99.0 Å². The molecule has 0 saturated heterocycles. The summed E-state index contributed by atoms with van der Waals surface area (Å²) in [5.74, 6) is 1.46. The number of hydrogen-bond donors (Lipinski definition) is 0. The molecule has 10 rings (SSSR count). The number of aromatic nitrogens is 1. The lowest BCUT2D eigenvalue weighted by Crippen LogP contribution is -2.33. The first-order valence-electron chi connectivity index (χ1n) is 15.4. The van der Waals surface area contributed by atoms with E-state index in [1.165, 1.54) is 82.4 Å². The molecule has 2 aromatic heterocycles. The Labute approximate surface area is 236 Å². The van der Waals surface area contributed by atoms with Crippen LogP contribution in [-0.4, -0.2) is 4.57 Å². The van der Waals surface area contributed by atoms with Crippen molar-refractivity contribution in [3.63, 3.8) is 0 Å². The van der Waals surface area contributed by atoms with Crippen LogP contribution in [0, 0.1) is 0 Å². The van der Waals surface area contributed by atoms with Gasteiger partial charge >= 0.3 is 0 Å². The molecule has 4 aliphatic carbocycles. The molecule has 0 spiro atoms. The summed E-state index contributed by atoms with van der Waals surface area (Å²) >= 11 is 0. The minimum absolute atomic E-state index is 0.168. The van der Waals surface area contributed by atoms with E-state index < -0.39 is 0 Å². The van der Waals surface area contributed by atoms with Crippen LogP contribution in [0.25, 0.3) is 49.4 Å². The molecule has 0 amide bonds. The van der Waals surface area contributed by atoms with Crippen molar-refractivity contribution in [1.82, 2.24) is 4.57 Å². The van der Waals surface area contributed by atoms with Gasteiger partial charge in [-0.05, 0) is 126 Å². The quantitative estimate of drug-likeness (QED) is 0.210. The lowest BCUT2D eigenvalue weighted by atomic mass is 9.63. The topological polar surface area (TPSA) is 18.1 Å². The summed E-state index contributed by atoms with van der Waals surface area (Å²) in [7, 11) is 0. The highest BCUT2D eigenvalue weighted by molar-refractivity contribution is 6.11. The molecule has 4 aromatic carbocycles. The van der Waals surface area contributed by atoms with Gasteiger partial charge in [0.15, 0.2) is 0 Å². The molecule has 40 heavy (non-hydrogen) atoms. The fourth-order valence-corrected chi connectivity index (χ4v) is 8.71. The molecule has 4 aliphatic rings. The lowest BCUT2D eigenvalue weighted by molar-refractivity contribution is 0.332. The van der Waals surface area contributed by atoms with Crippen molar-refractivity contribution in [2.75, 3.05) is 0 Å². The second-order valence-electron chi connectivity index (χ2n) is 14.3. The fraction of sp³-hybridized carbons (Fsp3) is 0.368. The predicted molar refractivity (Wildman–Crippen MR) is 167 cm³/mol. The zero-order valence-electron chi connectivity index (χ0n) is 24.1. The first-order valence-corrected chi connectivity index (χ1v) is 15.4. The number of fused-ring (bicyclic) bond motifs is 9. The van der Waals surface area contributed by atoms with E-state index in [-0.39, 0.29) is 10.8 Å². The number of para-hydroxylation sites is 1. The lowest BCUT2D eigenvalue weighted by Gasteiger charge is -2.42. The van der Waals surface area contributed by atoms with Crippen molar-refractivity contribution in [2.45, 2.75) is 88.9 Å². The van der Waals surface area contributed by atoms with Crippen LogP contribution < -0.4 is 0 Å². The molecule has 2 heterocycles. The summed E-state index contributed by atoms with van der Waals surface area (Å²) in [6.07, 6.45) is 7.89. The number of hydrogen-bond acceptors (Lipinski definition) is 1. The highest BCUT2D eigenvalue weighted by Crippen LogP contribution is 2.53. The van der Waals surface area contributed by atoms with Crippen LogP contribution >= 0.6 is 0 Å². The summed E-state index contributed by atoms with van der Waals surface area (Å²) in [5, 5.41) is 5.21. The zero-order chi connectivity index (χ0) is 27.0. The Morgan fingerprint density at radius 1 is 0.600 bits per heavy atom. The van der Waals surface area contributed by atoms with Crippen LogP contribution in [0.1, 0.15) is 100 Å². The number of furan rings is 1. The Bertz CT molecular complexity index is 2020. The second kappa shape index (κ2) is 7.60. The molecule has 0 unspecified atom stereocenters. The highest BCUT2D eigenvalue weighted by atomic mass is 16.3. The third-order valence-electron chi connectivity index (χ3n) is 11.2. The Hall–Kier alpha value is -3.52. The van der Waals surface area contributed by atoms with Gasteiger partial charge < -0.3 is 8.98 Å². The largest absolute Gasteiger partial charge is 0.456 e. The summed E-state index contributed by atoms with van der Waals surface area (Å²) in [5.41, 5.74) is 12.5. The minimum Gasteiger partial charge on any atom is -0.456 e. The zero-order valence-corrected chi connectivity index (χ0v) is 24.1. The molecule has 1 fully saturated rings. The average Bonchev–Trinajstić information content (AvgIpc) is 3.49. The molecule has 0 radical (unpaired) electrons. The van der Waals surface area contributed by atoms with Gasteiger partial charge in [-0.3, -0.25) is 0 Å². The first-order chi connectivity index (χ1) is 19.3. The SMILES string of the molecule is CC1(C)CCC(C)(C)c2cc3c(cc21)c1cc2c(cc1n3-c1ccc3c(c1)oc1ccccc13)C1CCC2CC1. The number of nitrogens with zero attached hydrogens (tertiary/aromatic N) is 1. The van der Waals surface area contributed by atoms with Crippen LogP contribution in [0.3, 0.4) is 0 Å². The fourth-order valence-electron chi connectivity index (χ4n) is 8.71. The molecule has 6 aromatic rings. The Kier molecular flexibility index (Phi) is 4.41. The van der Waals surface area contributed by atoms with E-state index in [9.17, 15) is 0 Å². The number of rotatable bonds is 1. The van der Waals surface area contributed by atoms with Crippen molar-refractivity contribution >= 4 is 43.7 Å². The van der Waals surface area contributed by atoms with Crippen molar-refractivity contribution in [1.29, 1.82) is 0 Å². The Morgan fingerprint density at radius 2 is 1.20 bits per heavy atom. The van der Waals surface area contributed by atoms with Gasteiger partial charge in [-0.2, -0.15) is 0 Å². The van der Waals surface area contributed by atoms with Crippen LogP contribution in [0.15, 0.2) is 71.1 Å². The van der Waals surface area contributed by atoms with Gasteiger partial charge in [0.2, 0.25) is 0 Å². The summed E-state index contributed by atoms with van der Waals surface area (Å²) in [6.45, 7) is 9.78. The van der Waals surface area contributed by atoms with E-state index in [1.807, 2.05) is 0 Å². The highest BCUT2D eigenvalue weighted by Gasteiger charge is 2.38. The molecular weight excluding hydrogens is 486 g/mol. The van der Waals surface area contributed by atoms with Crippen molar-refractivity contribution in [2.24, 2.45) is 0 Å². The van der Waals surface area contributed by atoms with E-state index in [0.717, 1.165) is 23.0 Å². The molecular formula is C38H37NO. The van der Waals surface area contributed by atoms with Gasteiger partial charge in [0, 0.05) is 33.3 Å². The third kappa shape index (κ3) is 3.00. The molecule has 0 aliphatic heterocycles. The van der Waals surface area contributed by atoms with Gasteiger partial charge in [0.25, 0.3) is 0 Å². The van der Waals surface area contributed by atoms with E-state index in [4.69, 9.17) is 4.42 Å². The standard InChI is InChI=1S/C38H37NO/c1-37(2)15-16-38(3,4)32-21-34-30(19-31(32)37)29-18-27-22-9-11-23(12-10-22)28(27)20-33(29)39(34)24-13-14-26-25-7-5-6-8-35(25)40-36(26)17-24/h5-8,13-14,17-23H,9-12,15-16H2,1-4H3. The normalized spacial score (nSPS) is 22.8. The van der Waals surface area contributed by atoms with Gasteiger partial charge in [0.05, 0.1) is 11.0 Å². The minimum atomic E-state index is 0.168. The smallest absolute Gasteiger partial charge is 0.137 e. The molecule has 0 atom stereocenters.